The van der Waals surface area contributed by atoms with E-state index in [9.17, 15) is 0 Å². The molecule has 4 heteroatoms. The number of nitrogens with one attached hydrogen (secondary N) is 2. The molecule has 0 aromatic heterocycles. The molecule has 116 valence electrons. The van der Waals surface area contributed by atoms with E-state index in [0.717, 1.165) is 17.9 Å². The maximum Gasteiger partial charge on any atom is 0.120 e. The van der Waals surface area contributed by atoms with Crippen LogP contribution in [0.1, 0.15) is 43.5 Å². The zero-order valence-electron chi connectivity index (χ0n) is 13.0. The van der Waals surface area contributed by atoms with Crippen LogP contribution in [0.5, 0.6) is 5.75 Å². The Kier molecular flexibility index (Phi) is 4.32. The smallest absolute Gasteiger partial charge is 0.120 e. The number of nitrogens with two attached hydrogens (primary N) is 1. The van der Waals surface area contributed by atoms with Crippen molar-refractivity contribution >= 4 is 5.69 Å². The lowest BCUT2D eigenvalue weighted by Gasteiger charge is -2.14. The van der Waals surface area contributed by atoms with Crippen LogP contribution in [0.2, 0.25) is 0 Å². The summed E-state index contributed by atoms with van der Waals surface area (Å²) in [4.78, 5) is 0. The van der Waals surface area contributed by atoms with Gasteiger partial charge in [-0.05, 0) is 55.7 Å². The minimum Gasteiger partial charge on any atom is -0.491 e. The SMILES string of the molecule is CC(C)Oc1cccc(C2CC(c3ccc(N)cc3)NN2)c1. The molecule has 1 saturated heterocycles. The minimum atomic E-state index is 0.187. The molecule has 4 nitrogen and oxygen atoms in total. The summed E-state index contributed by atoms with van der Waals surface area (Å²) < 4.78 is 5.78. The molecule has 1 fully saturated rings. The van der Waals surface area contributed by atoms with Gasteiger partial charge in [0.25, 0.3) is 0 Å². The van der Waals surface area contributed by atoms with Gasteiger partial charge in [0, 0.05) is 17.8 Å². The minimum absolute atomic E-state index is 0.187. The summed E-state index contributed by atoms with van der Waals surface area (Å²) >= 11 is 0. The van der Waals surface area contributed by atoms with E-state index >= 15 is 0 Å². The Morgan fingerprint density at radius 2 is 1.68 bits per heavy atom. The van der Waals surface area contributed by atoms with E-state index in [1.807, 2.05) is 38.1 Å². The number of rotatable bonds is 4. The average molecular weight is 297 g/mol. The lowest BCUT2D eigenvalue weighted by atomic mass is 9.97. The van der Waals surface area contributed by atoms with Crippen LogP contribution in [0.3, 0.4) is 0 Å². The van der Waals surface area contributed by atoms with Gasteiger partial charge in [-0.15, -0.1) is 0 Å². The third kappa shape index (κ3) is 3.40. The van der Waals surface area contributed by atoms with Crippen LogP contribution >= 0.6 is 0 Å². The number of nitrogen functional groups attached to an aromatic ring is 1. The molecule has 1 heterocycles. The van der Waals surface area contributed by atoms with E-state index in [-0.39, 0.29) is 12.1 Å². The lowest BCUT2D eigenvalue weighted by molar-refractivity contribution is 0.242. The van der Waals surface area contributed by atoms with Gasteiger partial charge in [0.1, 0.15) is 5.75 Å². The molecule has 1 aliphatic rings. The van der Waals surface area contributed by atoms with Gasteiger partial charge in [-0.3, -0.25) is 0 Å². The van der Waals surface area contributed by atoms with Crippen molar-refractivity contribution in [3.8, 4) is 5.75 Å². The van der Waals surface area contributed by atoms with Gasteiger partial charge >= 0.3 is 0 Å². The highest BCUT2D eigenvalue weighted by Crippen LogP contribution is 2.32. The zero-order valence-corrected chi connectivity index (χ0v) is 13.0. The van der Waals surface area contributed by atoms with Crippen LogP contribution in [-0.4, -0.2) is 6.10 Å². The molecule has 2 atom stereocenters. The Morgan fingerprint density at radius 1 is 1.00 bits per heavy atom. The summed E-state index contributed by atoms with van der Waals surface area (Å²) in [5.74, 6) is 0.922. The number of anilines is 1. The molecule has 0 spiro atoms. The monoisotopic (exact) mass is 297 g/mol. The first-order valence-corrected chi connectivity index (χ1v) is 7.75. The summed E-state index contributed by atoms with van der Waals surface area (Å²) in [6.45, 7) is 4.08. The molecule has 1 aliphatic heterocycles. The van der Waals surface area contributed by atoms with E-state index in [1.54, 1.807) is 0 Å². The van der Waals surface area contributed by atoms with Gasteiger partial charge in [-0.2, -0.15) is 0 Å². The fourth-order valence-corrected chi connectivity index (χ4v) is 2.80. The highest BCUT2D eigenvalue weighted by atomic mass is 16.5. The number of ether oxygens (including phenoxy) is 1. The van der Waals surface area contributed by atoms with Crippen LogP contribution in [0.4, 0.5) is 5.69 Å². The Balaban J connectivity index is 1.71. The van der Waals surface area contributed by atoms with Gasteiger partial charge in [-0.25, -0.2) is 10.9 Å². The standard InChI is InChI=1S/C18H23N3O/c1-12(2)22-16-5-3-4-14(10-16)18-11-17(20-21-18)13-6-8-15(19)9-7-13/h3-10,12,17-18,20-21H,11,19H2,1-2H3. The van der Waals surface area contributed by atoms with Gasteiger partial charge in [-0.1, -0.05) is 24.3 Å². The van der Waals surface area contributed by atoms with E-state index in [0.29, 0.717) is 6.04 Å². The van der Waals surface area contributed by atoms with Crippen molar-refractivity contribution in [3.05, 3.63) is 59.7 Å². The maximum absolute atomic E-state index is 5.78. The van der Waals surface area contributed by atoms with Gasteiger partial charge in [0.2, 0.25) is 0 Å². The molecule has 0 aliphatic carbocycles. The molecule has 2 unspecified atom stereocenters. The highest BCUT2D eigenvalue weighted by molar-refractivity contribution is 5.40. The molecule has 22 heavy (non-hydrogen) atoms. The first-order valence-electron chi connectivity index (χ1n) is 7.75. The highest BCUT2D eigenvalue weighted by Gasteiger charge is 2.26. The van der Waals surface area contributed by atoms with E-state index in [1.165, 1.54) is 11.1 Å². The first kappa shape index (κ1) is 14.9. The number of hydrogen-bond donors (Lipinski definition) is 3. The van der Waals surface area contributed by atoms with Crippen molar-refractivity contribution in [1.82, 2.24) is 10.9 Å². The van der Waals surface area contributed by atoms with Crippen molar-refractivity contribution in [1.29, 1.82) is 0 Å². The van der Waals surface area contributed by atoms with Gasteiger partial charge in [0.15, 0.2) is 0 Å². The van der Waals surface area contributed by atoms with E-state index in [4.69, 9.17) is 10.5 Å². The molecule has 0 radical (unpaired) electrons. The normalized spacial score (nSPS) is 21.2. The molecule has 0 saturated carbocycles. The van der Waals surface area contributed by atoms with Crippen molar-refractivity contribution < 1.29 is 4.74 Å². The zero-order chi connectivity index (χ0) is 15.5. The second-order valence-corrected chi connectivity index (χ2v) is 6.04. The molecular weight excluding hydrogens is 274 g/mol. The Bertz CT molecular complexity index is 624. The van der Waals surface area contributed by atoms with Crippen LogP contribution in [0.15, 0.2) is 48.5 Å². The Labute approximate surface area is 131 Å². The van der Waals surface area contributed by atoms with E-state index < -0.39 is 0 Å². The fourth-order valence-electron chi connectivity index (χ4n) is 2.80. The molecule has 3 rings (SSSR count). The average Bonchev–Trinajstić information content (AvgIpc) is 2.97. The molecular formula is C18H23N3O. The summed E-state index contributed by atoms with van der Waals surface area (Å²) in [5.41, 5.74) is 15.8. The fraction of sp³-hybridized carbons (Fsp3) is 0.333. The largest absolute Gasteiger partial charge is 0.491 e. The van der Waals surface area contributed by atoms with Crippen LogP contribution in [0, 0.1) is 0 Å². The van der Waals surface area contributed by atoms with Crippen molar-refractivity contribution in [2.45, 2.75) is 38.5 Å². The van der Waals surface area contributed by atoms with Gasteiger partial charge in [0.05, 0.1) is 6.10 Å². The van der Waals surface area contributed by atoms with Crippen LogP contribution in [-0.2, 0) is 0 Å². The topological polar surface area (TPSA) is 59.3 Å². The van der Waals surface area contributed by atoms with E-state index in [2.05, 4.69) is 35.1 Å². The molecule has 4 N–H and O–H groups in total. The molecule has 2 aromatic carbocycles. The van der Waals surface area contributed by atoms with Crippen molar-refractivity contribution in [3.63, 3.8) is 0 Å². The quantitative estimate of drug-likeness (QED) is 0.758. The second kappa shape index (κ2) is 6.38. The second-order valence-electron chi connectivity index (χ2n) is 6.04. The number of hydrogen-bond acceptors (Lipinski definition) is 4. The third-order valence-electron chi connectivity index (χ3n) is 3.87. The van der Waals surface area contributed by atoms with Crippen molar-refractivity contribution in [2.24, 2.45) is 0 Å². The number of benzene rings is 2. The summed E-state index contributed by atoms with van der Waals surface area (Å²) in [6, 6.07) is 16.9. The summed E-state index contributed by atoms with van der Waals surface area (Å²) in [6.07, 6.45) is 1.18. The first-order chi connectivity index (χ1) is 10.6. The van der Waals surface area contributed by atoms with Gasteiger partial charge < -0.3 is 10.5 Å². The number of hydrazine groups is 1. The maximum atomic E-state index is 5.78. The molecule has 2 aromatic rings. The van der Waals surface area contributed by atoms with Crippen LogP contribution in [0.25, 0.3) is 0 Å². The van der Waals surface area contributed by atoms with Crippen molar-refractivity contribution in [2.75, 3.05) is 5.73 Å². The molecule has 0 amide bonds. The predicted octanol–water partition coefficient (Wildman–Crippen LogP) is 3.34. The summed E-state index contributed by atoms with van der Waals surface area (Å²) in [7, 11) is 0. The molecule has 0 bridgehead atoms. The summed E-state index contributed by atoms with van der Waals surface area (Å²) in [5, 5.41) is 0. The Hall–Kier alpha value is -2.04. The Morgan fingerprint density at radius 3 is 2.36 bits per heavy atom. The van der Waals surface area contributed by atoms with Crippen LogP contribution < -0.4 is 21.3 Å². The third-order valence-corrected chi connectivity index (χ3v) is 3.87. The lowest BCUT2D eigenvalue weighted by Crippen LogP contribution is -2.26. The predicted molar refractivity (Wildman–Crippen MR) is 89.4 cm³/mol.